The van der Waals surface area contributed by atoms with Crippen LogP contribution in [0, 0.1) is 6.92 Å². The van der Waals surface area contributed by atoms with Gasteiger partial charge in [-0.1, -0.05) is 29.8 Å². The highest BCUT2D eigenvalue weighted by atomic mass is 16.5. The summed E-state index contributed by atoms with van der Waals surface area (Å²) in [5.74, 6) is 1.24. The Kier molecular flexibility index (Phi) is 5.94. The summed E-state index contributed by atoms with van der Waals surface area (Å²) in [6.45, 7) is 3.17. The van der Waals surface area contributed by atoms with E-state index in [2.05, 4.69) is 10.3 Å². The Labute approximate surface area is 175 Å². The third kappa shape index (κ3) is 4.97. The highest BCUT2D eigenvalue weighted by molar-refractivity contribution is 5.94. The molecule has 0 aliphatic rings. The second kappa shape index (κ2) is 9.13. The molecule has 0 unspecified atom stereocenters. The Morgan fingerprint density at radius 1 is 1.00 bits per heavy atom. The predicted molar refractivity (Wildman–Crippen MR) is 115 cm³/mol. The van der Waals surface area contributed by atoms with Gasteiger partial charge < -0.3 is 19.2 Å². The van der Waals surface area contributed by atoms with Gasteiger partial charge in [0.05, 0.1) is 12.2 Å². The van der Waals surface area contributed by atoms with Crippen molar-refractivity contribution in [3.8, 4) is 11.5 Å². The van der Waals surface area contributed by atoms with E-state index < -0.39 is 0 Å². The number of rotatable bonds is 8. The summed E-state index contributed by atoms with van der Waals surface area (Å²) in [5.41, 5.74) is 3.41. The van der Waals surface area contributed by atoms with Gasteiger partial charge in [-0.3, -0.25) is 4.79 Å². The van der Waals surface area contributed by atoms with Crippen molar-refractivity contribution in [1.29, 1.82) is 0 Å². The van der Waals surface area contributed by atoms with Gasteiger partial charge in [0, 0.05) is 18.0 Å². The molecule has 2 aromatic heterocycles. The number of aryl methyl sites for hydroxylation is 1. The summed E-state index contributed by atoms with van der Waals surface area (Å²) < 4.78 is 13.4. The summed E-state index contributed by atoms with van der Waals surface area (Å²) >= 11 is 0. The van der Waals surface area contributed by atoms with Crippen LogP contribution in [0.25, 0.3) is 5.65 Å². The van der Waals surface area contributed by atoms with E-state index in [1.54, 1.807) is 18.2 Å². The van der Waals surface area contributed by atoms with E-state index in [0.29, 0.717) is 31.1 Å². The first-order chi connectivity index (χ1) is 14.7. The number of benzene rings is 2. The number of nitrogens with zero attached hydrogens (tertiary/aromatic N) is 2. The fourth-order valence-corrected chi connectivity index (χ4v) is 3.01. The summed E-state index contributed by atoms with van der Waals surface area (Å²) in [6.07, 6.45) is 3.87. The number of nitrogens with one attached hydrogen (secondary N) is 1. The van der Waals surface area contributed by atoms with Gasteiger partial charge in [-0.05, 0) is 49.4 Å². The molecule has 2 heterocycles. The molecule has 1 N–H and O–H groups in total. The first-order valence-electron chi connectivity index (χ1n) is 9.80. The maximum Gasteiger partial charge on any atom is 0.251 e. The number of hydrogen-bond donors (Lipinski definition) is 1. The van der Waals surface area contributed by atoms with Gasteiger partial charge in [-0.15, -0.1) is 0 Å². The number of aromatic nitrogens is 2. The molecule has 1 amide bonds. The van der Waals surface area contributed by atoms with Crippen molar-refractivity contribution in [2.45, 2.75) is 13.5 Å². The number of carbonyl (C=O) groups is 1. The van der Waals surface area contributed by atoms with E-state index in [9.17, 15) is 4.79 Å². The van der Waals surface area contributed by atoms with Crippen molar-refractivity contribution in [2.75, 3.05) is 13.2 Å². The monoisotopic (exact) mass is 401 g/mol. The minimum Gasteiger partial charge on any atom is -0.492 e. The molecule has 2 aromatic carbocycles. The quantitative estimate of drug-likeness (QED) is 0.453. The van der Waals surface area contributed by atoms with Crippen molar-refractivity contribution in [1.82, 2.24) is 14.7 Å². The number of amides is 1. The smallest absolute Gasteiger partial charge is 0.251 e. The molecule has 0 bridgehead atoms. The van der Waals surface area contributed by atoms with Crippen LogP contribution in [0.15, 0.2) is 79.1 Å². The van der Waals surface area contributed by atoms with Crippen molar-refractivity contribution >= 4 is 11.6 Å². The number of fused-ring (bicyclic) bond motifs is 1. The van der Waals surface area contributed by atoms with Gasteiger partial charge in [0.25, 0.3) is 5.91 Å². The third-order valence-corrected chi connectivity index (χ3v) is 4.57. The van der Waals surface area contributed by atoms with E-state index in [0.717, 1.165) is 17.1 Å². The Bertz CT molecular complexity index is 1100. The lowest BCUT2D eigenvalue weighted by atomic mass is 10.2. The number of carbonyl (C=O) groups excluding carboxylic acids is 1. The van der Waals surface area contributed by atoms with Crippen LogP contribution in [0.5, 0.6) is 11.5 Å². The van der Waals surface area contributed by atoms with Crippen LogP contribution >= 0.6 is 0 Å². The minimum absolute atomic E-state index is 0.166. The average Bonchev–Trinajstić information content (AvgIpc) is 3.20. The highest BCUT2D eigenvalue weighted by Gasteiger charge is 2.08. The molecular formula is C24H23N3O3. The fourth-order valence-electron chi connectivity index (χ4n) is 3.01. The Balaban J connectivity index is 1.27. The molecule has 0 saturated carbocycles. The van der Waals surface area contributed by atoms with E-state index in [4.69, 9.17) is 9.47 Å². The van der Waals surface area contributed by atoms with Gasteiger partial charge in [-0.2, -0.15) is 0 Å². The van der Waals surface area contributed by atoms with Gasteiger partial charge >= 0.3 is 0 Å². The summed E-state index contributed by atoms with van der Waals surface area (Å²) in [7, 11) is 0. The molecule has 6 heteroatoms. The Morgan fingerprint density at radius 2 is 1.87 bits per heavy atom. The van der Waals surface area contributed by atoms with Crippen LogP contribution in [0.2, 0.25) is 0 Å². The zero-order valence-corrected chi connectivity index (χ0v) is 16.7. The number of imidazole rings is 1. The van der Waals surface area contributed by atoms with E-state index in [1.165, 1.54) is 5.56 Å². The van der Waals surface area contributed by atoms with E-state index >= 15 is 0 Å². The van der Waals surface area contributed by atoms with Crippen LogP contribution in [-0.2, 0) is 6.61 Å². The molecule has 0 fully saturated rings. The fraction of sp³-hybridized carbons (Fsp3) is 0.167. The molecule has 0 spiro atoms. The molecule has 0 atom stereocenters. The molecule has 0 radical (unpaired) electrons. The molecule has 0 aliphatic carbocycles. The number of pyridine rings is 1. The number of ether oxygens (including phenoxy) is 2. The van der Waals surface area contributed by atoms with E-state index in [1.807, 2.05) is 72.2 Å². The van der Waals surface area contributed by atoms with Crippen molar-refractivity contribution in [3.63, 3.8) is 0 Å². The average molecular weight is 401 g/mol. The molecule has 0 saturated heterocycles. The normalized spacial score (nSPS) is 10.7. The second-order valence-electron chi connectivity index (χ2n) is 6.93. The van der Waals surface area contributed by atoms with Crippen molar-refractivity contribution in [3.05, 3.63) is 95.9 Å². The van der Waals surface area contributed by atoms with Gasteiger partial charge in [0.1, 0.15) is 30.4 Å². The van der Waals surface area contributed by atoms with Crippen LogP contribution in [0.1, 0.15) is 21.6 Å². The lowest BCUT2D eigenvalue weighted by molar-refractivity contribution is 0.0946. The van der Waals surface area contributed by atoms with Crippen LogP contribution in [-0.4, -0.2) is 28.4 Å². The standard InChI is InChI=1S/C24H23N3O3/c1-18-8-10-21(11-9-18)29-14-12-25-24(28)19-5-4-6-22(15-19)30-17-20-16-27-13-3-2-7-23(27)26-20/h2-11,13,15-16H,12,14,17H2,1H3,(H,25,28). The highest BCUT2D eigenvalue weighted by Crippen LogP contribution is 2.16. The predicted octanol–water partition coefficient (Wildman–Crippen LogP) is 4.03. The largest absolute Gasteiger partial charge is 0.492 e. The third-order valence-electron chi connectivity index (χ3n) is 4.57. The molecule has 0 aliphatic heterocycles. The van der Waals surface area contributed by atoms with Crippen LogP contribution < -0.4 is 14.8 Å². The SMILES string of the molecule is Cc1ccc(OCCNC(=O)c2cccc(OCc3cn4ccccc4n3)c2)cc1. The van der Waals surface area contributed by atoms with Gasteiger partial charge in [0.2, 0.25) is 0 Å². The van der Waals surface area contributed by atoms with Crippen LogP contribution in [0.3, 0.4) is 0 Å². The second-order valence-corrected chi connectivity index (χ2v) is 6.93. The Hall–Kier alpha value is -3.80. The summed E-state index contributed by atoms with van der Waals surface area (Å²) in [4.78, 5) is 16.9. The first-order valence-corrected chi connectivity index (χ1v) is 9.80. The van der Waals surface area contributed by atoms with Crippen molar-refractivity contribution in [2.24, 2.45) is 0 Å². The summed E-state index contributed by atoms with van der Waals surface area (Å²) in [5, 5.41) is 2.86. The van der Waals surface area contributed by atoms with Crippen LogP contribution in [0.4, 0.5) is 0 Å². The summed E-state index contributed by atoms with van der Waals surface area (Å²) in [6, 6.07) is 20.8. The van der Waals surface area contributed by atoms with Gasteiger partial charge in [-0.25, -0.2) is 4.98 Å². The van der Waals surface area contributed by atoms with Gasteiger partial charge in [0.15, 0.2) is 0 Å². The number of hydrogen-bond acceptors (Lipinski definition) is 4. The topological polar surface area (TPSA) is 64.9 Å². The lowest BCUT2D eigenvalue weighted by Gasteiger charge is -2.09. The lowest BCUT2D eigenvalue weighted by Crippen LogP contribution is -2.28. The zero-order valence-electron chi connectivity index (χ0n) is 16.7. The molecule has 6 nitrogen and oxygen atoms in total. The molecular weight excluding hydrogens is 378 g/mol. The minimum atomic E-state index is -0.166. The molecule has 4 aromatic rings. The molecule has 152 valence electrons. The maximum absolute atomic E-state index is 12.4. The molecule has 30 heavy (non-hydrogen) atoms. The molecule has 4 rings (SSSR count). The maximum atomic E-state index is 12.4. The van der Waals surface area contributed by atoms with E-state index in [-0.39, 0.29) is 5.91 Å². The Morgan fingerprint density at radius 3 is 2.70 bits per heavy atom. The van der Waals surface area contributed by atoms with Crippen molar-refractivity contribution < 1.29 is 14.3 Å². The first kappa shape index (κ1) is 19.5. The zero-order chi connectivity index (χ0) is 20.8.